The number of halogens is 3. The zero-order chi connectivity index (χ0) is 15.4. The minimum Gasteiger partial charge on any atom is -0.345 e. The molecule has 0 heterocycles. The van der Waals surface area contributed by atoms with Crippen LogP contribution in [-0.2, 0) is 5.88 Å². The first-order valence-electron chi connectivity index (χ1n) is 6.42. The SMILES string of the molecule is CC(NC(=O)c1cccc(CCl)c1)c1cc(F)ccc1F. The second-order valence-corrected chi connectivity index (χ2v) is 4.96. The molecule has 1 N–H and O–H groups in total. The highest BCUT2D eigenvalue weighted by atomic mass is 35.5. The third kappa shape index (κ3) is 3.79. The average molecular weight is 310 g/mol. The van der Waals surface area contributed by atoms with Gasteiger partial charge in [-0.2, -0.15) is 0 Å². The van der Waals surface area contributed by atoms with E-state index in [1.165, 1.54) is 0 Å². The van der Waals surface area contributed by atoms with Crippen LogP contribution < -0.4 is 5.32 Å². The van der Waals surface area contributed by atoms with E-state index in [1.54, 1.807) is 31.2 Å². The maximum Gasteiger partial charge on any atom is 0.251 e. The van der Waals surface area contributed by atoms with E-state index in [-0.39, 0.29) is 11.5 Å². The number of hydrogen-bond donors (Lipinski definition) is 1. The first kappa shape index (κ1) is 15.4. The summed E-state index contributed by atoms with van der Waals surface area (Å²) in [4.78, 5) is 12.1. The van der Waals surface area contributed by atoms with Crippen molar-refractivity contribution in [2.75, 3.05) is 0 Å². The Labute approximate surface area is 126 Å². The lowest BCUT2D eigenvalue weighted by molar-refractivity contribution is 0.0939. The van der Waals surface area contributed by atoms with Gasteiger partial charge < -0.3 is 5.32 Å². The first-order valence-corrected chi connectivity index (χ1v) is 6.95. The van der Waals surface area contributed by atoms with E-state index in [4.69, 9.17) is 11.6 Å². The molecule has 0 bridgehead atoms. The van der Waals surface area contributed by atoms with Gasteiger partial charge >= 0.3 is 0 Å². The standard InChI is InChI=1S/C16H14ClF2NO/c1-10(14-8-13(18)5-6-15(14)19)20-16(21)12-4-2-3-11(7-12)9-17/h2-8,10H,9H2,1H3,(H,20,21). The second kappa shape index (κ2) is 6.68. The first-order chi connectivity index (χ1) is 10.0. The van der Waals surface area contributed by atoms with Crippen LogP contribution in [0, 0.1) is 11.6 Å². The van der Waals surface area contributed by atoms with E-state index in [0.717, 1.165) is 23.8 Å². The van der Waals surface area contributed by atoms with Crippen molar-refractivity contribution in [1.82, 2.24) is 5.32 Å². The molecule has 1 unspecified atom stereocenters. The molecule has 21 heavy (non-hydrogen) atoms. The molecule has 0 aliphatic heterocycles. The average Bonchev–Trinajstić information content (AvgIpc) is 2.49. The van der Waals surface area contributed by atoms with Gasteiger partial charge in [0, 0.05) is 17.0 Å². The number of alkyl halides is 1. The highest BCUT2D eigenvalue weighted by molar-refractivity contribution is 6.17. The Morgan fingerprint density at radius 2 is 2.00 bits per heavy atom. The smallest absolute Gasteiger partial charge is 0.251 e. The van der Waals surface area contributed by atoms with E-state index in [0.29, 0.717) is 11.4 Å². The minimum absolute atomic E-state index is 0.108. The van der Waals surface area contributed by atoms with E-state index < -0.39 is 17.7 Å². The van der Waals surface area contributed by atoms with Crippen LogP contribution in [-0.4, -0.2) is 5.91 Å². The third-order valence-corrected chi connectivity index (χ3v) is 3.42. The second-order valence-electron chi connectivity index (χ2n) is 4.69. The van der Waals surface area contributed by atoms with Crippen molar-refractivity contribution in [1.29, 1.82) is 0 Å². The van der Waals surface area contributed by atoms with Gasteiger partial charge in [0.15, 0.2) is 0 Å². The molecule has 0 aliphatic rings. The maximum atomic E-state index is 13.7. The summed E-state index contributed by atoms with van der Waals surface area (Å²) >= 11 is 5.72. The van der Waals surface area contributed by atoms with Gasteiger partial charge in [0.1, 0.15) is 11.6 Å². The number of amides is 1. The summed E-state index contributed by atoms with van der Waals surface area (Å²) in [5, 5.41) is 2.64. The molecular formula is C16H14ClF2NO. The summed E-state index contributed by atoms with van der Waals surface area (Å²) in [5.74, 6) is -1.16. The normalized spacial score (nSPS) is 12.0. The summed E-state index contributed by atoms with van der Waals surface area (Å²) in [7, 11) is 0. The van der Waals surface area contributed by atoms with Crippen molar-refractivity contribution in [2.45, 2.75) is 18.8 Å². The predicted octanol–water partition coefficient (Wildman–Crippen LogP) is 4.19. The van der Waals surface area contributed by atoms with Crippen molar-refractivity contribution in [3.8, 4) is 0 Å². The fraction of sp³-hybridized carbons (Fsp3) is 0.188. The van der Waals surface area contributed by atoms with Crippen LogP contribution in [0.1, 0.15) is 34.5 Å². The molecule has 0 saturated carbocycles. The summed E-state index contributed by atoms with van der Waals surface area (Å²) in [6, 6.07) is 9.35. The zero-order valence-corrected chi connectivity index (χ0v) is 12.1. The Morgan fingerprint density at radius 1 is 1.24 bits per heavy atom. The van der Waals surface area contributed by atoms with Gasteiger partial charge in [-0.1, -0.05) is 12.1 Å². The molecule has 2 nitrogen and oxygen atoms in total. The van der Waals surface area contributed by atoms with E-state index >= 15 is 0 Å². The Balaban J connectivity index is 2.16. The highest BCUT2D eigenvalue weighted by Crippen LogP contribution is 2.18. The monoisotopic (exact) mass is 309 g/mol. The minimum atomic E-state index is -0.646. The molecule has 1 atom stereocenters. The summed E-state index contributed by atoms with van der Waals surface area (Å²) < 4.78 is 26.8. The Morgan fingerprint density at radius 3 is 2.71 bits per heavy atom. The fourth-order valence-corrected chi connectivity index (χ4v) is 2.17. The van der Waals surface area contributed by atoms with Crippen LogP contribution in [0.2, 0.25) is 0 Å². The van der Waals surface area contributed by atoms with Crippen molar-refractivity contribution in [3.63, 3.8) is 0 Å². The molecule has 0 radical (unpaired) electrons. The van der Waals surface area contributed by atoms with Crippen LogP contribution in [0.5, 0.6) is 0 Å². The van der Waals surface area contributed by atoms with Gasteiger partial charge in [-0.25, -0.2) is 8.78 Å². The van der Waals surface area contributed by atoms with Crippen molar-refractivity contribution < 1.29 is 13.6 Å². The van der Waals surface area contributed by atoms with Crippen molar-refractivity contribution in [2.24, 2.45) is 0 Å². The summed E-state index contributed by atoms with van der Waals surface area (Å²) in [5.41, 5.74) is 1.35. The lowest BCUT2D eigenvalue weighted by atomic mass is 10.1. The van der Waals surface area contributed by atoms with Gasteiger partial charge in [-0.3, -0.25) is 4.79 Å². The lowest BCUT2D eigenvalue weighted by Crippen LogP contribution is -2.27. The highest BCUT2D eigenvalue weighted by Gasteiger charge is 2.15. The predicted molar refractivity (Wildman–Crippen MR) is 78.2 cm³/mol. The molecular weight excluding hydrogens is 296 g/mol. The van der Waals surface area contributed by atoms with Gasteiger partial charge in [-0.15, -0.1) is 11.6 Å². The Hall–Kier alpha value is -1.94. The molecule has 2 aromatic rings. The van der Waals surface area contributed by atoms with Crippen LogP contribution in [0.15, 0.2) is 42.5 Å². The van der Waals surface area contributed by atoms with Crippen molar-refractivity contribution in [3.05, 3.63) is 70.8 Å². The van der Waals surface area contributed by atoms with E-state index in [9.17, 15) is 13.6 Å². The van der Waals surface area contributed by atoms with E-state index in [1.807, 2.05) is 0 Å². The molecule has 0 aromatic heterocycles. The van der Waals surface area contributed by atoms with Gasteiger partial charge in [0.25, 0.3) is 5.91 Å². The van der Waals surface area contributed by atoms with Gasteiger partial charge in [0.05, 0.1) is 6.04 Å². The molecule has 2 aromatic carbocycles. The summed E-state index contributed by atoms with van der Waals surface area (Å²) in [6.45, 7) is 1.60. The number of hydrogen-bond acceptors (Lipinski definition) is 1. The molecule has 0 spiro atoms. The maximum absolute atomic E-state index is 13.7. The molecule has 0 saturated heterocycles. The molecule has 0 aliphatic carbocycles. The lowest BCUT2D eigenvalue weighted by Gasteiger charge is -2.15. The molecule has 110 valence electrons. The number of rotatable bonds is 4. The van der Waals surface area contributed by atoms with Crippen molar-refractivity contribution >= 4 is 17.5 Å². The van der Waals surface area contributed by atoms with Crippen LogP contribution >= 0.6 is 11.6 Å². The Kier molecular flexibility index (Phi) is 4.91. The summed E-state index contributed by atoms with van der Waals surface area (Å²) in [6.07, 6.45) is 0. The third-order valence-electron chi connectivity index (χ3n) is 3.12. The van der Waals surface area contributed by atoms with E-state index in [2.05, 4.69) is 5.32 Å². The fourth-order valence-electron chi connectivity index (χ4n) is 2.00. The molecule has 5 heteroatoms. The molecule has 2 rings (SSSR count). The largest absolute Gasteiger partial charge is 0.345 e. The van der Waals surface area contributed by atoms with Crippen LogP contribution in [0.3, 0.4) is 0 Å². The van der Waals surface area contributed by atoms with Crippen LogP contribution in [0.4, 0.5) is 8.78 Å². The molecule has 1 amide bonds. The number of carbonyl (C=O) groups excluding carboxylic acids is 1. The quantitative estimate of drug-likeness (QED) is 0.843. The molecule has 0 fully saturated rings. The number of carbonyl (C=O) groups is 1. The topological polar surface area (TPSA) is 29.1 Å². The number of benzene rings is 2. The van der Waals surface area contributed by atoms with Gasteiger partial charge in [-0.05, 0) is 42.8 Å². The number of nitrogens with one attached hydrogen (secondary N) is 1. The van der Waals surface area contributed by atoms with Gasteiger partial charge in [0.2, 0.25) is 0 Å². The Bertz CT molecular complexity index is 660. The zero-order valence-electron chi connectivity index (χ0n) is 11.4. The van der Waals surface area contributed by atoms with Crippen LogP contribution in [0.25, 0.3) is 0 Å².